The Kier molecular flexibility index (Phi) is 11.2. The van der Waals surface area contributed by atoms with Gasteiger partial charge in [-0.2, -0.15) is 0 Å². The van der Waals surface area contributed by atoms with Crippen molar-refractivity contribution >= 4 is 57.2 Å². The summed E-state index contributed by atoms with van der Waals surface area (Å²) in [6, 6.07) is 24.4. The third kappa shape index (κ3) is 6.91. The zero-order chi connectivity index (χ0) is 50.8. The molecule has 3 aliphatic rings. The molecule has 0 saturated heterocycles. The minimum absolute atomic E-state index is 0.0367. The number of rotatable bonds is 6. The van der Waals surface area contributed by atoms with Crippen molar-refractivity contribution in [3.8, 4) is 33.4 Å². The lowest BCUT2D eigenvalue weighted by atomic mass is 9.33. The van der Waals surface area contributed by atoms with Crippen molar-refractivity contribution in [3.05, 3.63) is 196 Å². The van der Waals surface area contributed by atoms with E-state index in [0.29, 0.717) is 22.5 Å². The van der Waals surface area contributed by atoms with E-state index in [4.69, 9.17) is 0 Å². The highest BCUT2D eigenvalue weighted by molar-refractivity contribution is 7.00. The Morgan fingerprint density at radius 3 is 1.24 bits per heavy atom. The van der Waals surface area contributed by atoms with Gasteiger partial charge in [-0.05, 0) is 106 Å². The van der Waals surface area contributed by atoms with Crippen LogP contribution >= 0.6 is 0 Å². The van der Waals surface area contributed by atoms with Crippen LogP contribution in [0.3, 0.4) is 0 Å². The normalized spacial score (nSPS) is 14.2. The summed E-state index contributed by atoms with van der Waals surface area (Å²) >= 11 is 0. The van der Waals surface area contributed by atoms with Gasteiger partial charge >= 0.3 is 0 Å². The van der Waals surface area contributed by atoms with Crippen molar-refractivity contribution in [2.45, 2.75) is 38.0 Å². The smallest absolute Gasteiger partial charge is 0.252 e. The van der Waals surface area contributed by atoms with Gasteiger partial charge in [-0.3, -0.25) is 0 Å². The summed E-state index contributed by atoms with van der Waals surface area (Å²) in [5, 5.41) is 0. The molecule has 0 aromatic heterocycles. The van der Waals surface area contributed by atoms with E-state index in [0.717, 1.165) is 61.9 Å². The molecule has 11 rings (SSSR count). The van der Waals surface area contributed by atoms with E-state index in [9.17, 15) is 39.5 Å². The van der Waals surface area contributed by atoms with Crippen molar-refractivity contribution in [2.75, 3.05) is 9.80 Å². The molecule has 1 saturated carbocycles. The van der Waals surface area contributed by atoms with Crippen LogP contribution in [0.2, 0.25) is 0 Å². The number of nitrogens with zero attached hydrogens (tertiary/aromatic N) is 2. The SMILES string of the molecule is Fc1c(F)c(F)c(-c2ccc(N3c4cc(-c5c(F)c(F)c(F)c(F)c5F)ccc4B4c5cc(-c6c(F)c(F)c(F)c(F)c6F)ccc5N(c5ccccc5)c5cc(C6CCCCC6)cc3c54)cc2)c(F)c1F. The minimum atomic E-state index is -2.43. The molecule has 1 fully saturated rings. The molecule has 2 aliphatic heterocycles. The predicted octanol–water partition coefficient (Wildman–Crippen LogP) is 14.9. The van der Waals surface area contributed by atoms with Crippen LogP contribution in [0, 0.1) is 87.3 Å². The van der Waals surface area contributed by atoms with Crippen LogP contribution in [0.15, 0.2) is 103 Å². The molecule has 0 bridgehead atoms. The zero-order valence-corrected chi connectivity index (χ0v) is 36.6. The molecule has 0 radical (unpaired) electrons. The third-order valence-corrected chi connectivity index (χ3v) is 13.8. The molecule has 8 aromatic rings. The van der Waals surface area contributed by atoms with Crippen molar-refractivity contribution in [1.29, 1.82) is 0 Å². The second kappa shape index (κ2) is 17.3. The maximum absolute atomic E-state index is 15.7. The molecule has 0 atom stereocenters. The highest BCUT2D eigenvalue weighted by Crippen LogP contribution is 2.49. The molecule has 0 unspecified atom stereocenters. The number of fused-ring (bicyclic) bond motifs is 4. The van der Waals surface area contributed by atoms with Gasteiger partial charge in [0.05, 0.1) is 16.7 Å². The van der Waals surface area contributed by atoms with Crippen molar-refractivity contribution < 1.29 is 65.9 Å². The average Bonchev–Trinajstić information content (AvgIpc) is 3.40. The fraction of sp³-hybridized carbons (Fsp3) is 0.111. The Balaban J connectivity index is 1.24. The molecule has 8 aromatic carbocycles. The van der Waals surface area contributed by atoms with Gasteiger partial charge in [0.15, 0.2) is 69.8 Å². The number of hydrogen-bond donors (Lipinski definition) is 0. The van der Waals surface area contributed by atoms with Gasteiger partial charge < -0.3 is 9.80 Å². The number of benzene rings is 8. The highest BCUT2D eigenvalue weighted by atomic mass is 19.2. The van der Waals surface area contributed by atoms with Gasteiger partial charge in [0.1, 0.15) is 0 Å². The summed E-state index contributed by atoms with van der Waals surface area (Å²) in [6.45, 7) is -1.11. The lowest BCUT2D eigenvalue weighted by Gasteiger charge is -2.45. The van der Waals surface area contributed by atoms with Crippen molar-refractivity contribution in [2.24, 2.45) is 0 Å². The van der Waals surface area contributed by atoms with E-state index in [1.54, 1.807) is 36.4 Å². The van der Waals surface area contributed by atoms with Gasteiger partial charge in [-0.1, -0.05) is 73.9 Å². The van der Waals surface area contributed by atoms with Crippen LogP contribution < -0.4 is 26.2 Å². The first-order chi connectivity index (χ1) is 34.5. The first-order valence-corrected chi connectivity index (χ1v) is 22.3. The molecular formula is C54H28BF15N2. The Hall–Kier alpha value is -7.63. The maximum atomic E-state index is 15.7. The van der Waals surface area contributed by atoms with E-state index in [1.165, 1.54) is 41.3 Å². The lowest BCUT2D eigenvalue weighted by Crippen LogP contribution is -2.61. The summed E-state index contributed by atoms with van der Waals surface area (Å²) in [6.07, 6.45) is 4.10. The number of hydrogen-bond acceptors (Lipinski definition) is 2. The highest BCUT2D eigenvalue weighted by Gasteiger charge is 2.45. The van der Waals surface area contributed by atoms with Gasteiger partial charge in [0.2, 0.25) is 17.5 Å². The number of halogens is 15. The summed E-state index contributed by atoms with van der Waals surface area (Å²) in [5.74, 6) is -33.5. The maximum Gasteiger partial charge on any atom is 0.252 e. The second-order valence-corrected chi connectivity index (χ2v) is 17.7. The minimum Gasteiger partial charge on any atom is -0.311 e. The van der Waals surface area contributed by atoms with Crippen molar-refractivity contribution in [3.63, 3.8) is 0 Å². The first kappa shape index (κ1) is 46.7. The average molecular weight is 1000 g/mol. The van der Waals surface area contributed by atoms with E-state index < -0.39 is 127 Å². The molecule has 0 spiro atoms. The Labute approximate surface area is 399 Å². The lowest BCUT2D eigenvalue weighted by molar-refractivity contribution is 0.381. The van der Waals surface area contributed by atoms with E-state index in [-0.39, 0.29) is 33.9 Å². The van der Waals surface area contributed by atoms with Crippen LogP contribution in [0.5, 0.6) is 0 Å². The van der Waals surface area contributed by atoms with Crippen LogP contribution in [-0.2, 0) is 0 Å². The molecule has 18 heteroatoms. The molecule has 1 aliphatic carbocycles. The summed E-state index contributed by atoms with van der Waals surface area (Å²) in [5.41, 5.74) is -2.05. The van der Waals surface area contributed by atoms with Crippen molar-refractivity contribution in [1.82, 2.24) is 0 Å². The summed E-state index contributed by atoms with van der Waals surface area (Å²) in [4.78, 5) is 3.33. The number of para-hydroxylation sites is 1. The summed E-state index contributed by atoms with van der Waals surface area (Å²) < 4.78 is 225. The monoisotopic (exact) mass is 1000 g/mol. The molecule has 0 N–H and O–H groups in total. The molecule has 0 amide bonds. The second-order valence-electron chi connectivity index (χ2n) is 17.7. The van der Waals surface area contributed by atoms with Gasteiger partial charge in [0.25, 0.3) is 6.71 Å². The molecular weight excluding hydrogens is 972 g/mol. The van der Waals surface area contributed by atoms with Gasteiger partial charge in [-0.25, -0.2) is 65.9 Å². The molecule has 362 valence electrons. The van der Waals surface area contributed by atoms with Gasteiger partial charge in [-0.15, -0.1) is 0 Å². The van der Waals surface area contributed by atoms with E-state index in [1.807, 2.05) is 11.0 Å². The van der Waals surface area contributed by atoms with Crippen LogP contribution in [0.1, 0.15) is 43.6 Å². The molecule has 2 nitrogen and oxygen atoms in total. The van der Waals surface area contributed by atoms with Crippen LogP contribution in [0.25, 0.3) is 33.4 Å². The molecule has 2 heterocycles. The topological polar surface area (TPSA) is 6.48 Å². The van der Waals surface area contributed by atoms with Crippen LogP contribution in [-0.4, -0.2) is 6.71 Å². The zero-order valence-electron chi connectivity index (χ0n) is 36.6. The van der Waals surface area contributed by atoms with Crippen LogP contribution in [0.4, 0.5) is 100.0 Å². The predicted molar refractivity (Wildman–Crippen MR) is 242 cm³/mol. The van der Waals surface area contributed by atoms with E-state index in [2.05, 4.69) is 0 Å². The Morgan fingerprint density at radius 1 is 0.333 bits per heavy atom. The molecule has 72 heavy (non-hydrogen) atoms. The standard InChI is InChI=1S/C54H28BF15N2/c56-40-36(41(57)47(63)52(68)46(40)62)24-11-15-29(16-12-24)72-33-20-26(38-44(60)50(66)54(70)51(67)45(38)61)13-17-30(33)55-31-19-25(37-42(58)48(64)53(69)49(65)43(37)59)14-18-32(31)71(28-9-5-2-6-10-28)34-21-27(22-35(72)39(34)55)23-7-3-1-4-8-23/h2,5-6,9-23H,1,3-4,7-8H2. The first-order valence-electron chi connectivity index (χ1n) is 22.3. The number of anilines is 6. The van der Waals surface area contributed by atoms with Gasteiger partial charge in [0, 0.05) is 34.1 Å². The Bertz CT molecular complexity index is 3510. The summed E-state index contributed by atoms with van der Waals surface area (Å²) in [7, 11) is 0. The third-order valence-electron chi connectivity index (χ3n) is 13.8. The van der Waals surface area contributed by atoms with E-state index >= 15 is 26.3 Å². The fourth-order valence-corrected chi connectivity index (χ4v) is 10.5. The largest absolute Gasteiger partial charge is 0.311 e. The quantitative estimate of drug-likeness (QED) is 0.0709. The Morgan fingerprint density at radius 2 is 0.736 bits per heavy atom. The fourth-order valence-electron chi connectivity index (χ4n) is 10.5.